The fourth-order valence-corrected chi connectivity index (χ4v) is 2.93. The molecule has 1 heterocycles. The zero-order chi connectivity index (χ0) is 16.3. The molecule has 3 N–H and O–H groups in total. The van der Waals surface area contributed by atoms with Crippen molar-refractivity contribution < 1.29 is 9.90 Å². The van der Waals surface area contributed by atoms with Gasteiger partial charge < -0.3 is 15.7 Å². The Morgan fingerprint density at radius 1 is 1.36 bits per heavy atom. The van der Waals surface area contributed by atoms with E-state index in [1.807, 2.05) is 5.38 Å². The first-order valence-corrected chi connectivity index (χ1v) is 8.02. The third-order valence-electron chi connectivity index (χ3n) is 3.52. The Bertz CT molecular complexity index is 637. The van der Waals surface area contributed by atoms with Crippen LogP contribution in [0, 0.1) is 5.92 Å². The van der Waals surface area contributed by atoms with Crippen molar-refractivity contribution in [3.05, 3.63) is 40.3 Å². The van der Waals surface area contributed by atoms with E-state index in [1.165, 1.54) is 11.3 Å². The normalized spacial score (nSPS) is 12.4. The highest BCUT2D eigenvalue weighted by atomic mass is 32.1. The van der Waals surface area contributed by atoms with Crippen LogP contribution in [0.25, 0.3) is 0 Å². The van der Waals surface area contributed by atoms with E-state index < -0.39 is 0 Å². The Morgan fingerprint density at radius 3 is 2.59 bits per heavy atom. The van der Waals surface area contributed by atoms with Crippen molar-refractivity contribution in [3.63, 3.8) is 0 Å². The van der Waals surface area contributed by atoms with Crippen LogP contribution >= 0.6 is 11.3 Å². The number of nitrogens with two attached hydrogens (primary N) is 1. The van der Waals surface area contributed by atoms with E-state index in [2.05, 4.69) is 18.8 Å². The molecule has 1 amide bonds. The summed E-state index contributed by atoms with van der Waals surface area (Å²) in [6, 6.07) is 6.43. The van der Waals surface area contributed by atoms with Gasteiger partial charge in [-0.2, -0.15) is 0 Å². The van der Waals surface area contributed by atoms with Crippen LogP contribution in [0.4, 0.5) is 5.69 Å². The highest BCUT2D eigenvalue weighted by molar-refractivity contribution is 7.09. The number of carbonyl (C=O) groups is 1. The molecule has 2 aromatic rings. The SMILES string of the molecule is CC(C)C(N)c1nc(CC(=O)N(C)c2ccc(O)cc2)cs1. The summed E-state index contributed by atoms with van der Waals surface area (Å²) in [7, 11) is 1.71. The molecule has 2 rings (SSSR count). The molecule has 1 unspecified atom stereocenters. The Kier molecular flexibility index (Phi) is 5.15. The molecule has 0 radical (unpaired) electrons. The molecule has 0 bridgehead atoms. The van der Waals surface area contributed by atoms with Crippen LogP contribution in [0.2, 0.25) is 0 Å². The maximum atomic E-state index is 12.3. The molecule has 0 spiro atoms. The molecular formula is C16H21N3O2S. The van der Waals surface area contributed by atoms with Gasteiger partial charge in [0.25, 0.3) is 0 Å². The van der Waals surface area contributed by atoms with Gasteiger partial charge in [-0.3, -0.25) is 4.79 Å². The minimum Gasteiger partial charge on any atom is -0.508 e. The summed E-state index contributed by atoms with van der Waals surface area (Å²) >= 11 is 1.50. The lowest BCUT2D eigenvalue weighted by Gasteiger charge is -2.16. The Balaban J connectivity index is 2.04. The fraction of sp³-hybridized carbons (Fsp3) is 0.375. The number of carbonyl (C=O) groups excluding carboxylic acids is 1. The first kappa shape index (κ1) is 16.5. The van der Waals surface area contributed by atoms with Crippen molar-refractivity contribution in [2.45, 2.75) is 26.3 Å². The topological polar surface area (TPSA) is 79.5 Å². The molecule has 22 heavy (non-hydrogen) atoms. The van der Waals surface area contributed by atoms with Gasteiger partial charge in [0.05, 0.1) is 18.2 Å². The highest BCUT2D eigenvalue weighted by Gasteiger charge is 2.17. The summed E-state index contributed by atoms with van der Waals surface area (Å²) in [5.74, 6) is 0.437. The summed E-state index contributed by atoms with van der Waals surface area (Å²) in [5, 5.41) is 12.0. The van der Waals surface area contributed by atoms with Crippen molar-refractivity contribution in [2.24, 2.45) is 11.7 Å². The second kappa shape index (κ2) is 6.89. The predicted molar refractivity (Wildman–Crippen MR) is 89.1 cm³/mol. The molecule has 0 saturated heterocycles. The quantitative estimate of drug-likeness (QED) is 0.888. The van der Waals surface area contributed by atoms with Crippen LogP contribution in [0.5, 0.6) is 5.75 Å². The van der Waals surface area contributed by atoms with E-state index in [0.29, 0.717) is 5.92 Å². The van der Waals surface area contributed by atoms with Crippen molar-refractivity contribution in [1.82, 2.24) is 4.98 Å². The molecule has 1 atom stereocenters. The van der Waals surface area contributed by atoms with Crippen molar-refractivity contribution >= 4 is 22.9 Å². The largest absolute Gasteiger partial charge is 0.508 e. The summed E-state index contributed by atoms with van der Waals surface area (Å²) in [6.45, 7) is 4.10. The van der Waals surface area contributed by atoms with Gasteiger partial charge in [0.1, 0.15) is 10.8 Å². The van der Waals surface area contributed by atoms with Crippen LogP contribution in [0.3, 0.4) is 0 Å². The second-order valence-corrected chi connectivity index (χ2v) is 6.48. The number of amides is 1. The average molecular weight is 319 g/mol. The number of phenols is 1. The van der Waals surface area contributed by atoms with Crippen molar-refractivity contribution in [3.8, 4) is 5.75 Å². The molecule has 5 nitrogen and oxygen atoms in total. The number of nitrogens with zero attached hydrogens (tertiary/aromatic N) is 2. The van der Waals surface area contributed by atoms with Crippen molar-refractivity contribution in [1.29, 1.82) is 0 Å². The smallest absolute Gasteiger partial charge is 0.232 e. The van der Waals surface area contributed by atoms with E-state index in [1.54, 1.807) is 36.2 Å². The zero-order valence-electron chi connectivity index (χ0n) is 13.0. The molecule has 6 heteroatoms. The number of benzene rings is 1. The first-order chi connectivity index (χ1) is 10.4. The molecule has 0 aliphatic rings. The number of hydrogen-bond donors (Lipinski definition) is 2. The van der Waals surface area contributed by atoms with Crippen molar-refractivity contribution in [2.75, 3.05) is 11.9 Å². The number of anilines is 1. The highest BCUT2D eigenvalue weighted by Crippen LogP contribution is 2.23. The number of phenolic OH excluding ortho intramolecular Hbond substituents is 1. The number of likely N-dealkylation sites (N-methyl/N-ethyl adjacent to an activating group) is 1. The summed E-state index contributed by atoms with van der Waals surface area (Å²) in [6.07, 6.45) is 0.235. The first-order valence-electron chi connectivity index (χ1n) is 7.14. The lowest BCUT2D eigenvalue weighted by Crippen LogP contribution is -2.28. The Hall–Kier alpha value is -1.92. The number of aromatic nitrogens is 1. The van der Waals surface area contributed by atoms with E-state index in [9.17, 15) is 9.90 Å². The molecule has 1 aromatic heterocycles. The molecule has 118 valence electrons. The number of aromatic hydroxyl groups is 1. The molecule has 0 saturated carbocycles. The molecule has 0 aliphatic heterocycles. The van der Waals surface area contributed by atoms with Crippen LogP contribution in [-0.2, 0) is 11.2 Å². The molecular weight excluding hydrogens is 298 g/mol. The van der Waals surface area contributed by atoms with Crippen LogP contribution in [0.1, 0.15) is 30.6 Å². The third kappa shape index (κ3) is 3.84. The minimum absolute atomic E-state index is 0.0549. The standard InChI is InChI=1S/C16H21N3O2S/c1-10(2)15(17)16-18-11(9-22-16)8-14(21)19(3)12-4-6-13(20)7-5-12/h4-7,9-10,15,20H,8,17H2,1-3H3. The summed E-state index contributed by atoms with van der Waals surface area (Å²) in [5.41, 5.74) is 7.55. The number of rotatable bonds is 5. The van der Waals surface area contributed by atoms with Gasteiger partial charge in [-0.25, -0.2) is 4.98 Å². The van der Waals surface area contributed by atoms with Gasteiger partial charge in [0.2, 0.25) is 5.91 Å². The van der Waals surface area contributed by atoms with Crippen LogP contribution < -0.4 is 10.6 Å². The van der Waals surface area contributed by atoms with Gasteiger partial charge in [0.15, 0.2) is 0 Å². The monoisotopic (exact) mass is 319 g/mol. The van der Waals surface area contributed by atoms with Gasteiger partial charge in [-0.15, -0.1) is 11.3 Å². The zero-order valence-corrected chi connectivity index (χ0v) is 13.8. The molecule has 1 aromatic carbocycles. The second-order valence-electron chi connectivity index (χ2n) is 5.59. The van der Waals surface area contributed by atoms with Crippen LogP contribution in [-0.4, -0.2) is 23.0 Å². The maximum Gasteiger partial charge on any atom is 0.232 e. The van der Waals surface area contributed by atoms with E-state index in [0.717, 1.165) is 16.4 Å². The number of thiazole rings is 1. The summed E-state index contributed by atoms with van der Waals surface area (Å²) in [4.78, 5) is 18.3. The van der Waals surface area contributed by atoms with Gasteiger partial charge >= 0.3 is 0 Å². The van der Waals surface area contributed by atoms with Crippen LogP contribution in [0.15, 0.2) is 29.6 Å². The fourth-order valence-electron chi connectivity index (χ4n) is 1.94. The number of hydrogen-bond acceptors (Lipinski definition) is 5. The van der Waals surface area contributed by atoms with E-state index in [4.69, 9.17) is 5.73 Å². The molecule has 0 fully saturated rings. The van der Waals surface area contributed by atoms with E-state index in [-0.39, 0.29) is 24.1 Å². The van der Waals surface area contributed by atoms with Gasteiger partial charge in [-0.1, -0.05) is 13.8 Å². The lowest BCUT2D eigenvalue weighted by atomic mass is 10.1. The third-order valence-corrected chi connectivity index (χ3v) is 4.51. The maximum absolute atomic E-state index is 12.3. The average Bonchev–Trinajstić information content (AvgIpc) is 2.94. The summed E-state index contributed by atoms with van der Waals surface area (Å²) < 4.78 is 0. The Labute approximate surface area is 134 Å². The molecule has 0 aliphatic carbocycles. The predicted octanol–water partition coefficient (Wildman–Crippen LogP) is 2.71. The lowest BCUT2D eigenvalue weighted by molar-refractivity contribution is -0.117. The minimum atomic E-state index is -0.0938. The van der Waals surface area contributed by atoms with Gasteiger partial charge in [0, 0.05) is 18.1 Å². The Morgan fingerprint density at radius 2 is 2.00 bits per heavy atom. The van der Waals surface area contributed by atoms with Gasteiger partial charge in [-0.05, 0) is 30.2 Å². The van der Waals surface area contributed by atoms with E-state index >= 15 is 0 Å².